The van der Waals surface area contributed by atoms with Gasteiger partial charge in [-0.1, -0.05) is 24.3 Å². The van der Waals surface area contributed by atoms with E-state index in [9.17, 15) is 0 Å². The lowest BCUT2D eigenvalue weighted by Gasteiger charge is -2.41. The van der Waals surface area contributed by atoms with Gasteiger partial charge in [-0.2, -0.15) is 0 Å². The van der Waals surface area contributed by atoms with Crippen LogP contribution in [0.2, 0.25) is 0 Å². The van der Waals surface area contributed by atoms with Crippen LogP contribution in [0.25, 0.3) is 0 Å². The average Bonchev–Trinajstić information content (AvgIpc) is 2.57. The third-order valence-electron chi connectivity index (χ3n) is 4.58. The summed E-state index contributed by atoms with van der Waals surface area (Å²) in [5.74, 6) is 0. The molecule has 86 valence electrons. The standard InChI is InChI=1S/C14H20N2/c1-16-8-6-14(7-9-16)12-5-3-2-4-11(12)10-13(14)15/h2-5,13H,6-10,15H2,1H3. The van der Waals surface area contributed by atoms with Crippen LogP contribution >= 0.6 is 0 Å². The number of piperidine rings is 1. The summed E-state index contributed by atoms with van der Waals surface area (Å²) in [6, 6.07) is 9.19. The zero-order valence-electron chi connectivity index (χ0n) is 9.95. The zero-order valence-corrected chi connectivity index (χ0v) is 9.95. The molecule has 1 heterocycles. The summed E-state index contributed by atoms with van der Waals surface area (Å²) < 4.78 is 0. The maximum Gasteiger partial charge on any atom is 0.0178 e. The van der Waals surface area contributed by atoms with Crippen LogP contribution in [0.4, 0.5) is 0 Å². The van der Waals surface area contributed by atoms with Gasteiger partial charge in [0.1, 0.15) is 0 Å². The molecule has 1 unspecified atom stereocenters. The van der Waals surface area contributed by atoms with Gasteiger partial charge >= 0.3 is 0 Å². The molecular formula is C14H20N2. The first kappa shape index (κ1) is 10.3. The molecule has 0 radical (unpaired) electrons. The Kier molecular flexibility index (Phi) is 2.30. The monoisotopic (exact) mass is 216 g/mol. The van der Waals surface area contributed by atoms with Crippen molar-refractivity contribution in [3.63, 3.8) is 0 Å². The van der Waals surface area contributed by atoms with Gasteiger partial charge in [0.2, 0.25) is 0 Å². The van der Waals surface area contributed by atoms with Crippen molar-refractivity contribution in [1.29, 1.82) is 0 Å². The Morgan fingerprint density at radius 1 is 1.25 bits per heavy atom. The van der Waals surface area contributed by atoms with E-state index in [4.69, 9.17) is 5.73 Å². The Hall–Kier alpha value is -0.860. The minimum absolute atomic E-state index is 0.281. The van der Waals surface area contributed by atoms with Crippen LogP contribution in [0.15, 0.2) is 24.3 Å². The van der Waals surface area contributed by atoms with Gasteiger partial charge in [-0.25, -0.2) is 0 Å². The van der Waals surface area contributed by atoms with Crippen molar-refractivity contribution in [2.75, 3.05) is 20.1 Å². The highest BCUT2D eigenvalue weighted by Gasteiger charge is 2.45. The van der Waals surface area contributed by atoms with Gasteiger partial charge in [-0.15, -0.1) is 0 Å². The molecule has 1 aliphatic carbocycles. The molecule has 0 saturated carbocycles. The highest BCUT2D eigenvalue weighted by Crippen LogP contribution is 2.45. The first-order valence-electron chi connectivity index (χ1n) is 6.25. The summed E-state index contributed by atoms with van der Waals surface area (Å²) in [5.41, 5.74) is 9.73. The lowest BCUT2D eigenvalue weighted by atomic mass is 9.71. The fourth-order valence-corrected chi connectivity index (χ4v) is 3.47. The van der Waals surface area contributed by atoms with E-state index < -0.39 is 0 Å². The van der Waals surface area contributed by atoms with E-state index in [-0.39, 0.29) is 5.41 Å². The van der Waals surface area contributed by atoms with Crippen LogP contribution in [0, 0.1) is 0 Å². The lowest BCUT2D eigenvalue weighted by molar-refractivity contribution is 0.172. The van der Waals surface area contributed by atoms with Crippen molar-refractivity contribution >= 4 is 0 Å². The summed E-state index contributed by atoms with van der Waals surface area (Å²) in [5, 5.41) is 0. The molecule has 2 aliphatic rings. The van der Waals surface area contributed by atoms with E-state index in [0.29, 0.717) is 6.04 Å². The largest absolute Gasteiger partial charge is 0.327 e. The summed E-state index contributed by atoms with van der Waals surface area (Å²) in [4.78, 5) is 2.42. The van der Waals surface area contributed by atoms with Crippen molar-refractivity contribution in [2.24, 2.45) is 5.73 Å². The topological polar surface area (TPSA) is 29.3 Å². The number of hydrogen-bond acceptors (Lipinski definition) is 2. The van der Waals surface area contributed by atoms with Gasteiger partial charge in [-0.3, -0.25) is 0 Å². The van der Waals surface area contributed by atoms with Crippen molar-refractivity contribution < 1.29 is 0 Å². The molecule has 1 aliphatic heterocycles. The summed E-state index contributed by atoms with van der Waals surface area (Å²) in [6.45, 7) is 2.37. The first-order chi connectivity index (χ1) is 7.72. The number of likely N-dealkylation sites (tertiary alicyclic amines) is 1. The SMILES string of the molecule is CN1CCC2(CC1)c1ccccc1CC2N. The van der Waals surface area contributed by atoms with Crippen LogP contribution in [0.5, 0.6) is 0 Å². The highest BCUT2D eigenvalue weighted by atomic mass is 15.1. The van der Waals surface area contributed by atoms with Gasteiger partial charge in [0.25, 0.3) is 0 Å². The van der Waals surface area contributed by atoms with Crippen LogP contribution in [0.1, 0.15) is 24.0 Å². The molecule has 2 heteroatoms. The fourth-order valence-electron chi connectivity index (χ4n) is 3.47. The Balaban J connectivity index is 2.01. The van der Waals surface area contributed by atoms with Crippen molar-refractivity contribution in [1.82, 2.24) is 4.90 Å². The van der Waals surface area contributed by atoms with Crippen LogP contribution in [0.3, 0.4) is 0 Å². The number of nitrogens with two attached hydrogens (primary N) is 1. The molecule has 3 rings (SSSR count). The Morgan fingerprint density at radius 2 is 1.94 bits per heavy atom. The molecule has 1 fully saturated rings. The number of benzene rings is 1. The molecule has 2 N–H and O–H groups in total. The van der Waals surface area contributed by atoms with Crippen molar-refractivity contribution in [3.05, 3.63) is 35.4 Å². The van der Waals surface area contributed by atoms with Gasteiger partial charge in [-0.05, 0) is 50.5 Å². The summed E-state index contributed by atoms with van der Waals surface area (Å²) in [7, 11) is 2.21. The molecule has 0 amide bonds. The number of nitrogens with zero attached hydrogens (tertiary/aromatic N) is 1. The molecule has 1 aromatic carbocycles. The van der Waals surface area contributed by atoms with Gasteiger partial charge in [0, 0.05) is 11.5 Å². The van der Waals surface area contributed by atoms with Gasteiger partial charge < -0.3 is 10.6 Å². The molecular weight excluding hydrogens is 196 g/mol. The van der Waals surface area contributed by atoms with Crippen molar-refractivity contribution in [3.8, 4) is 0 Å². The third-order valence-corrected chi connectivity index (χ3v) is 4.58. The smallest absolute Gasteiger partial charge is 0.0178 e. The second kappa shape index (κ2) is 3.57. The molecule has 0 aromatic heterocycles. The predicted molar refractivity (Wildman–Crippen MR) is 66.5 cm³/mol. The van der Waals surface area contributed by atoms with E-state index in [1.54, 1.807) is 0 Å². The van der Waals surface area contributed by atoms with E-state index in [1.807, 2.05) is 0 Å². The highest BCUT2D eigenvalue weighted by molar-refractivity contribution is 5.42. The second-order valence-electron chi connectivity index (χ2n) is 5.43. The fraction of sp³-hybridized carbons (Fsp3) is 0.571. The molecule has 2 nitrogen and oxygen atoms in total. The van der Waals surface area contributed by atoms with E-state index in [0.717, 1.165) is 6.42 Å². The molecule has 16 heavy (non-hydrogen) atoms. The molecule has 1 saturated heterocycles. The van der Waals surface area contributed by atoms with Crippen molar-refractivity contribution in [2.45, 2.75) is 30.7 Å². The number of rotatable bonds is 0. The van der Waals surface area contributed by atoms with Crippen LogP contribution < -0.4 is 5.73 Å². The molecule has 0 bridgehead atoms. The molecule has 1 aromatic rings. The average molecular weight is 216 g/mol. The molecule has 1 atom stereocenters. The second-order valence-corrected chi connectivity index (χ2v) is 5.43. The maximum absolute atomic E-state index is 6.42. The third kappa shape index (κ3) is 1.33. The maximum atomic E-state index is 6.42. The summed E-state index contributed by atoms with van der Waals surface area (Å²) in [6.07, 6.45) is 3.52. The Bertz CT molecular complexity index is 391. The minimum Gasteiger partial charge on any atom is -0.327 e. The van der Waals surface area contributed by atoms with Crippen LogP contribution in [-0.2, 0) is 11.8 Å². The predicted octanol–water partition coefficient (Wildman–Crippen LogP) is 1.53. The Morgan fingerprint density at radius 3 is 2.69 bits per heavy atom. The minimum atomic E-state index is 0.281. The first-order valence-corrected chi connectivity index (χ1v) is 6.25. The Labute approximate surface area is 97.4 Å². The quantitative estimate of drug-likeness (QED) is 0.712. The van der Waals surface area contributed by atoms with E-state index in [2.05, 4.69) is 36.2 Å². The van der Waals surface area contributed by atoms with Crippen LogP contribution in [-0.4, -0.2) is 31.1 Å². The van der Waals surface area contributed by atoms with E-state index >= 15 is 0 Å². The lowest BCUT2D eigenvalue weighted by Crippen LogP contribution is -2.49. The van der Waals surface area contributed by atoms with Gasteiger partial charge in [0.15, 0.2) is 0 Å². The van der Waals surface area contributed by atoms with E-state index in [1.165, 1.54) is 37.1 Å². The normalized spacial score (nSPS) is 28.2. The number of hydrogen-bond donors (Lipinski definition) is 1. The molecule has 1 spiro atoms. The zero-order chi connectivity index (χ0) is 11.2. The summed E-state index contributed by atoms with van der Waals surface area (Å²) >= 11 is 0. The number of fused-ring (bicyclic) bond motifs is 2. The van der Waals surface area contributed by atoms with Gasteiger partial charge in [0.05, 0.1) is 0 Å².